The Bertz CT molecular complexity index is 1080. The topological polar surface area (TPSA) is 76.4 Å². The highest BCUT2D eigenvalue weighted by molar-refractivity contribution is 7.13. The maximum atomic E-state index is 13.3. The molecule has 2 saturated heterocycles. The van der Waals surface area contributed by atoms with Gasteiger partial charge in [0.2, 0.25) is 0 Å². The van der Waals surface area contributed by atoms with Gasteiger partial charge in [-0.05, 0) is 50.1 Å². The quantitative estimate of drug-likeness (QED) is 0.574. The Morgan fingerprint density at radius 3 is 2.70 bits per heavy atom. The van der Waals surface area contributed by atoms with Crippen LogP contribution in [0.5, 0.6) is 0 Å². The Balaban J connectivity index is 1.26. The lowest BCUT2D eigenvalue weighted by atomic mass is 9.89. The van der Waals surface area contributed by atoms with E-state index in [1.807, 2.05) is 35.4 Å². The summed E-state index contributed by atoms with van der Waals surface area (Å²) in [6, 6.07) is 6.46. The molecule has 0 N–H and O–H groups in total. The largest absolute Gasteiger partial charge is 0.379 e. The average Bonchev–Trinajstić information content (AvgIpc) is 3.54. The number of likely N-dealkylation sites (tertiary alicyclic amines) is 1. The smallest absolute Gasteiger partial charge is 0.257 e. The van der Waals surface area contributed by atoms with Crippen molar-refractivity contribution in [1.82, 2.24) is 29.5 Å². The number of aromatic nitrogens is 4. The fourth-order valence-electron chi connectivity index (χ4n) is 4.87. The summed E-state index contributed by atoms with van der Waals surface area (Å²) < 4.78 is 7.16. The van der Waals surface area contributed by atoms with Crippen molar-refractivity contribution in [2.45, 2.75) is 32.7 Å². The molecule has 2 fully saturated rings. The molecule has 3 aromatic rings. The molecule has 0 aliphatic carbocycles. The number of piperidine rings is 1. The molecule has 33 heavy (non-hydrogen) atoms. The third kappa shape index (κ3) is 4.58. The van der Waals surface area contributed by atoms with Crippen molar-refractivity contribution < 1.29 is 9.53 Å². The van der Waals surface area contributed by atoms with E-state index in [1.165, 1.54) is 0 Å². The molecule has 0 bridgehead atoms. The normalized spacial score (nSPS) is 19.0. The van der Waals surface area contributed by atoms with Gasteiger partial charge in [-0.2, -0.15) is 5.10 Å². The fraction of sp³-hybridized carbons (Fsp3) is 0.500. The van der Waals surface area contributed by atoms with E-state index < -0.39 is 0 Å². The van der Waals surface area contributed by atoms with Gasteiger partial charge in [0, 0.05) is 38.4 Å². The van der Waals surface area contributed by atoms with Crippen molar-refractivity contribution in [2.75, 3.05) is 39.4 Å². The highest BCUT2D eigenvalue weighted by Gasteiger charge is 2.31. The van der Waals surface area contributed by atoms with Crippen LogP contribution in [0, 0.1) is 12.8 Å². The summed E-state index contributed by atoms with van der Waals surface area (Å²) in [5.41, 5.74) is 2.25. The molecule has 174 valence electrons. The monoisotopic (exact) mass is 466 g/mol. The van der Waals surface area contributed by atoms with Gasteiger partial charge in [-0.15, -0.1) is 11.3 Å². The molecule has 1 amide bonds. The van der Waals surface area contributed by atoms with E-state index in [9.17, 15) is 4.79 Å². The Morgan fingerprint density at radius 1 is 1.18 bits per heavy atom. The summed E-state index contributed by atoms with van der Waals surface area (Å²) >= 11 is 1.63. The Morgan fingerprint density at radius 2 is 1.97 bits per heavy atom. The highest BCUT2D eigenvalue weighted by atomic mass is 32.1. The van der Waals surface area contributed by atoms with Crippen molar-refractivity contribution in [2.24, 2.45) is 5.92 Å². The van der Waals surface area contributed by atoms with Crippen LogP contribution in [0.15, 0.2) is 36.0 Å². The van der Waals surface area contributed by atoms with Crippen molar-refractivity contribution >= 4 is 17.2 Å². The molecular weight excluding hydrogens is 436 g/mol. The third-order valence-electron chi connectivity index (χ3n) is 6.98. The van der Waals surface area contributed by atoms with Crippen molar-refractivity contribution in [1.29, 1.82) is 0 Å². The van der Waals surface area contributed by atoms with Crippen molar-refractivity contribution in [3.63, 3.8) is 0 Å². The van der Waals surface area contributed by atoms with E-state index in [0.717, 1.165) is 68.5 Å². The maximum absolute atomic E-state index is 13.3. The maximum Gasteiger partial charge on any atom is 0.257 e. The molecule has 0 spiro atoms. The van der Waals surface area contributed by atoms with Crippen LogP contribution >= 0.6 is 11.3 Å². The number of hydrogen-bond acceptors (Lipinski definition) is 7. The SMILES string of the molecule is Cc1c(C(=O)N2CCC([C@@H](C)N3CCOCC3)CC2)cnn1-c1nccc(-c2cccs2)n1. The van der Waals surface area contributed by atoms with Gasteiger partial charge in [0.1, 0.15) is 0 Å². The van der Waals surface area contributed by atoms with Crippen LogP contribution < -0.4 is 0 Å². The molecule has 2 aliphatic rings. The summed E-state index contributed by atoms with van der Waals surface area (Å²) in [6.07, 6.45) is 5.45. The molecule has 2 aliphatic heterocycles. The number of amides is 1. The van der Waals surface area contributed by atoms with Gasteiger partial charge in [-0.1, -0.05) is 6.07 Å². The molecule has 9 heteroatoms. The fourth-order valence-corrected chi connectivity index (χ4v) is 5.57. The van der Waals surface area contributed by atoms with E-state index in [2.05, 4.69) is 26.9 Å². The number of nitrogens with zero attached hydrogens (tertiary/aromatic N) is 6. The minimum Gasteiger partial charge on any atom is -0.379 e. The second-order valence-electron chi connectivity index (χ2n) is 8.79. The van der Waals surface area contributed by atoms with Crippen molar-refractivity contribution in [3.05, 3.63) is 47.2 Å². The number of morpholine rings is 1. The standard InChI is InChI=1S/C24H30N6O2S/c1-17(28-11-13-32-14-12-28)19-6-9-29(10-7-19)23(31)20-16-26-30(18(20)2)24-25-8-5-21(27-24)22-4-3-15-33-22/h3-5,8,15-17,19H,6-7,9-14H2,1-2H3/t17-/m1/s1. The first-order valence-electron chi connectivity index (χ1n) is 11.6. The van der Waals surface area contributed by atoms with Crippen LogP contribution in [0.3, 0.4) is 0 Å². The molecule has 5 heterocycles. The van der Waals surface area contributed by atoms with E-state index in [1.54, 1.807) is 28.4 Å². The van der Waals surface area contributed by atoms with Gasteiger partial charge in [0.05, 0.1) is 41.2 Å². The first-order chi connectivity index (χ1) is 16.1. The minimum atomic E-state index is 0.0469. The number of hydrogen-bond donors (Lipinski definition) is 0. The van der Waals surface area contributed by atoms with Gasteiger partial charge >= 0.3 is 0 Å². The Labute approximate surface area is 198 Å². The lowest BCUT2D eigenvalue weighted by Crippen LogP contribution is -2.49. The summed E-state index contributed by atoms with van der Waals surface area (Å²) in [5.74, 6) is 1.14. The molecule has 0 aromatic carbocycles. The zero-order valence-electron chi connectivity index (χ0n) is 19.2. The predicted octanol–water partition coefficient (Wildman–Crippen LogP) is 3.27. The van der Waals surface area contributed by atoms with E-state index in [4.69, 9.17) is 4.74 Å². The molecule has 1 atom stereocenters. The molecular formula is C24H30N6O2S. The van der Waals surface area contributed by atoms with Crippen LogP contribution in [0.25, 0.3) is 16.5 Å². The highest BCUT2D eigenvalue weighted by Crippen LogP contribution is 2.27. The number of carbonyl (C=O) groups is 1. The lowest BCUT2D eigenvalue weighted by Gasteiger charge is -2.41. The van der Waals surface area contributed by atoms with Crippen LogP contribution in [-0.4, -0.2) is 80.9 Å². The molecule has 0 unspecified atom stereocenters. The van der Waals surface area contributed by atoms with E-state index in [0.29, 0.717) is 23.5 Å². The number of carbonyl (C=O) groups excluding carboxylic acids is 1. The summed E-state index contributed by atoms with van der Waals surface area (Å²) in [4.78, 5) is 27.9. The second kappa shape index (κ2) is 9.70. The zero-order chi connectivity index (χ0) is 22.8. The van der Waals surface area contributed by atoms with Gasteiger partial charge in [0.15, 0.2) is 0 Å². The summed E-state index contributed by atoms with van der Waals surface area (Å²) in [7, 11) is 0. The van der Waals surface area contributed by atoms with Gasteiger partial charge in [0.25, 0.3) is 11.9 Å². The summed E-state index contributed by atoms with van der Waals surface area (Å²) in [6.45, 7) is 9.47. The Kier molecular flexibility index (Phi) is 6.52. The van der Waals surface area contributed by atoms with E-state index in [-0.39, 0.29) is 5.91 Å². The molecule has 8 nitrogen and oxygen atoms in total. The molecule has 3 aromatic heterocycles. The number of thiophene rings is 1. The Hall–Kier alpha value is -2.62. The average molecular weight is 467 g/mol. The summed E-state index contributed by atoms with van der Waals surface area (Å²) in [5, 5.41) is 6.48. The predicted molar refractivity (Wildman–Crippen MR) is 128 cm³/mol. The molecule has 5 rings (SSSR count). The molecule has 0 saturated carbocycles. The minimum absolute atomic E-state index is 0.0469. The van der Waals surface area contributed by atoms with Crippen LogP contribution in [0.1, 0.15) is 35.8 Å². The van der Waals surface area contributed by atoms with Gasteiger partial charge in [-0.25, -0.2) is 14.6 Å². The lowest BCUT2D eigenvalue weighted by molar-refractivity contribution is -0.000954. The van der Waals surface area contributed by atoms with Gasteiger partial charge < -0.3 is 9.64 Å². The van der Waals surface area contributed by atoms with Gasteiger partial charge in [-0.3, -0.25) is 9.69 Å². The first-order valence-corrected chi connectivity index (χ1v) is 12.5. The van der Waals surface area contributed by atoms with Crippen LogP contribution in [-0.2, 0) is 4.74 Å². The number of ether oxygens (including phenoxy) is 1. The van der Waals surface area contributed by atoms with Crippen LogP contribution in [0.2, 0.25) is 0 Å². The van der Waals surface area contributed by atoms with Crippen molar-refractivity contribution in [3.8, 4) is 16.5 Å². The van der Waals surface area contributed by atoms with Crippen LogP contribution in [0.4, 0.5) is 0 Å². The first kappa shape index (κ1) is 22.2. The third-order valence-corrected chi connectivity index (χ3v) is 7.87. The van der Waals surface area contributed by atoms with E-state index >= 15 is 0 Å². The number of rotatable bonds is 5. The molecule has 0 radical (unpaired) electrons. The zero-order valence-corrected chi connectivity index (χ0v) is 20.0. The second-order valence-corrected chi connectivity index (χ2v) is 9.74.